The van der Waals surface area contributed by atoms with Crippen LogP contribution < -0.4 is 5.32 Å². The molecule has 0 aromatic carbocycles. The van der Waals surface area contributed by atoms with Gasteiger partial charge in [-0.25, -0.2) is 0 Å². The zero-order valence-electron chi connectivity index (χ0n) is 9.63. The Morgan fingerprint density at radius 1 is 1.21 bits per heavy atom. The van der Waals surface area contributed by atoms with E-state index in [9.17, 15) is 0 Å². The predicted octanol–water partition coefficient (Wildman–Crippen LogP) is 1.86. The lowest BCUT2D eigenvalue weighted by Crippen LogP contribution is -2.60. The van der Waals surface area contributed by atoms with Gasteiger partial charge in [-0.2, -0.15) is 0 Å². The van der Waals surface area contributed by atoms with E-state index < -0.39 is 0 Å². The first-order valence-electron chi connectivity index (χ1n) is 6.26. The van der Waals surface area contributed by atoms with Crippen molar-refractivity contribution in [1.82, 2.24) is 10.2 Å². The molecule has 2 unspecified atom stereocenters. The van der Waals surface area contributed by atoms with Gasteiger partial charge in [-0.1, -0.05) is 26.7 Å². The molecule has 0 aromatic rings. The molecule has 82 valence electrons. The molecule has 2 aliphatic rings. The Labute approximate surface area is 88.1 Å². The van der Waals surface area contributed by atoms with Gasteiger partial charge < -0.3 is 10.2 Å². The van der Waals surface area contributed by atoms with E-state index in [1.54, 1.807) is 0 Å². The Morgan fingerprint density at radius 3 is 2.64 bits per heavy atom. The van der Waals surface area contributed by atoms with Gasteiger partial charge in [0.15, 0.2) is 0 Å². The second kappa shape index (κ2) is 4.63. The van der Waals surface area contributed by atoms with E-state index in [4.69, 9.17) is 0 Å². The topological polar surface area (TPSA) is 15.3 Å². The number of likely N-dealkylation sites (tertiary alicyclic amines) is 1. The number of likely N-dealkylation sites (N-methyl/N-ethyl adjacent to an activating group) is 1. The van der Waals surface area contributed by atoms with Gasteiger partial charge in [-0.05, 0) is 25.3 Å². The monoisotopic (exact) mass is 196 g/mol. The molecule has 2 heteroatoms. The third kappa shape index (κ3) is 2.48. The van der Waals surface area contributed by atoms with Crippen LogP contribution in [0.2, 0.25) is 0 Å². The lowest BCUT2D eigenvalue weighted by molar-refractivity contribution is 0.115. The smallest absolute Gasteiger partial charge is 0.0325 e. The van der Waals surface area contributed by atoms with Crippen molar-refractivity contribution >= 4 is 0 Å². The van der Waals surface area contributed by atoms with Gasteiger partial charge in [-0.3, -0.25) is 0 Å². The normalized spacial score (nSPS) is 35.6. The molecule has 14 heavy (non-hydrogen) atoms. The highest BCUT2D eigenvalue weighted by Gasteiger charge is 2.28. The molecule has 0 spiro atoms. The quantitative estimate of drug-likeness (QED) is 0.741. The van der Waals surface area contributed by atoms with Crippen LogP contribution in [0.5, 0.6) is 0 Å². The van der Waals surface area contributed by atoms with Gasteiger partial charge in [0.2, 0.25) is 0 Å². The van der Waals surface area contributed by atoms with E-state index in [1.165, 1.54) is 45.3 Å². The summed E-state index contributed by atoms with van der Waals surface area (Å²) in [6.45, 7) is 8.42. The highest BCUT2D eigenvalue weighted by Crippen LogP contribution is 2.24. The molecule has 1 saturated carbocycles. The molecule has 0 aromatic heterocycles. The maximum Gasteiger partial charge on any atom is 0.0325 e. The Balaban J connectivity index is 1.66. The molecule has 1 heterocycles. The van der Waals surface area contributed by atoms with Gasteiger partial charge in [0.25, 0.3) is 0 Å². The third-order valence-corrected chi connectivity index (χ3v) is 3.81. The third-order valence-electron chi connectivity index (χ3n) is 3.81. The summed E-state index contributed by atoms with van der Waals surface area (Å²) < 4.78 is 0. The predicted molar refractivity (Wildman–Crippen MR) is 60.5 cm³/mol. The van der Waals surface area contributed by atoms with Crippen LogP contribution in [0.25, 0.3) is 0 Å². The minimum absolute atomic E-state index is 0.797. The van der Waals surface area contributed by atoms with Crippen molar-refractivity contribution in [3.63, 3.8) is 0 Å². The highest BCUT2D eigenvalue weighted by atomic mass is 15.2. The lowest BCUT2D eigenvalue weighted by atomic mass is 9.86. The van der Waals surface area contributed by atoms with Crippen LogP contribution in [0.3, 0.4) is 0 Å². The fourth-order valence-corrected chi connectivity index (χ4v) is 2.85. The number of hydrogen-bond acceptors (Lipinski definition) is 2. The van der Waals surface area contributed by atoms with E-state index in [-0.39, 0.29) is 0 Å². The van der Waals surface area contributed by atoms with Crippen LogP contribution in [-0.2, 0) is 0 Å². The summed E-state index contributed by atoms with van der Waals surface area (Å²) in [5.74, 6) is 0.948. The molecule has 1 aliphatic heterocycles. The number of nitrogens with one attached hydrogen (secondary N) is 1. The van der Waals surface area contributed by atoms with Gasteiger partial charge in [0, 0.05) is 25.2 Å². The summed E-state index contributed by atoms with van der Waals surface area (Å²) in [5, 5.41) is 3.81. The van der Waals surface area contributed by atoms with Crippen molar-refractivity contribution in [2.75, 3.05) is 19.6 Å². The lowest BCUT2D eigenvalue weighted by Gasteiger charge is -2.42. The van der Waals surface area contributed by atoms with E-state index in [0.29, 0.717) is 0 Å². The first kappa shape index (κ1) is 10.4. The average molecular weight is 196 g/mol. The highest BCUT2D eigenvalue weighted by molar-refractivity contribution is 4.89. The summed E-state index contributed by atoms with van der Waals surface area (Å²) in [4.78, 5) is 2.50. The van der Waals surface area contributed by atoms with E-state index in [0.717, 1.165) is 18.0 Å². The first-order valence-corrected chi connectivity index (χ1v) is 6.26. The summed E-state index contributed by atoms with van der Waals surface area (Å²) in [7, 11) is 0. The van der Waals surface area contributed by atoms with Crippen LogP contribution in [0.4, 0.5) is 0 Å². The first-order chi connectivity index (χ1) is 6.78. The second-order valence-electron chi connectivity index (χ2n) is 5.18. The maximum absolute atomic E-state index is 3.81. The average Bonchev–Trinajstić information content (AvgIpc) is 2.10. The Bertz CT molecular complexity index is 175. The molecule has 1 N–H and O–H groups in total. The summed E-state index contributed by atoms with van der Waals surface area (Å²) in [5.41, 5.74) is 0. The summed E-state index contributed by atoms with van der Waals surface area (Å²) in [6, 6.07) is 1.62. The van der Waals surface area contributed by atoms with Crippen LogP contribution >= 0.6 is 0 Å². The van der Waals surface area contributed by atoms with Crippen LogP contribution in [0.15, 0.2) is 0 Å². The van der Waals surface area contributed by atoms with Crippen molar-refractivity contribution in [2.24, 2.45) is 5.92 Å². The minimum atomic E-state index is 0.797. The van der Waals surface area contributed by atoms with Crippen molar-refractivity contribution in [1.29, 1.82) is 0 Å². The molecule has 2 nitrogen and oxygen atoms in total. The molecular formula is C12H24N2. The standard InChI is InChI=1S/C12H24N2/c1-3-14-8-12(9-14)13-11-6-4-5-10(2)7-11/h10-13H,3-9H2,1-2H3. The summed E-state index contributed by atoms with van der Waals surface area (Å²) >= 11 is 0. The molecular weight excluding hydrogens is 172 g/mol. The Hall–Kier alpha value is -0.0800. The minimum Gasteiger partial charge on any atom is -0.309 e. The van der Waals surface area contributed by atoms with Crippen molar-refractivity contribution in [3.05, 3.63) is 0 Å². The zero-order chi connectivity index (χ0) is 9.97. The second-order valence-corrected chi connectivity index (χ2v) is 5.18. The largest absolute Gasteiger partial charge is 0.309 e. The molecule has 1 aliphatic carbocycles. The molecule has 0 amide bonds. The molecule has 2 atom stereocenters. The molecule has 0 bridgehead atoms. The van der Waals surface area contributed by atoms with E-state index in [1.807, 2.05) is 0 Å². The molecule has 0 radical (unpaired) electrons. The van der Waals surface area contributed by atoms with E-state index in [2.05, 4.69) is 24.1 Å². The fourth-order valence-electron chi connectivity index (χ4n) is 2.85. The Morgan fingerprint density at radius 2 is 2.00 bits per heavy atom. The summed E-state index contributed by atoms with van der Waals surface area (Å²) in [6.07, 6.45) is 5.70. The molecule has 2 rings (SSSR count). The fraction of sp³-hybridized carbons (Fsp3) is 1.00. The van der Waals surface area contributed by atoms with Crippen LogP contribution in [-0.4, -0.2) is 36.6 Å². The van der Waals surface area contributed by atoms with Crippen molar-refractivity contribution in [3.8, 4) is 0 Å². The maximum atomic E-state index is 3.81. The Kier molecular flexibility index (Phi) is 3.45. The van der Waals surface area contributed by atoms with Gasteiger partial charge in [0.05, 0.1) is 0 Å². The van der Waals surface area contributed by atoms with Crippen molar-refractivity contribution in [2.45, 2.75) is 51.6 Å². The zero-order valence-corrected chi connectivity index (χ0v) is 9.63. The van der Waals surface area contributed by atoms with E-state index >= 15 is 0 Å². The van der Waals surface area contributed by atoms with Gasteiger partial charge in [0.1, 0.15) is 0 Å². The number of hydrogen-bond donors (Lipinski definition) is 1. The van der Waals surface area contributed by atoms with Gasteiger partial charge >= 0.3 is 0 Å². The molecule has 2 fully saturated rings. The number of nitrogens with zero attached hydrogens (tertiary/aromatic N) is 1. The number of rotatable bonds is 3. The van der Waals surface area contributed by atoms with Crippen molar-refractivity contribution < 1.29 is 0 Å². The molecule has 1 saturated heterocycles. The van der Waals surface area contributed by atoms with Crippen LogP contribution in [0, 0.1) is 5.92 Å². The SMILES string of the molecule is CCN1CC(NC2CCCC(C)C2)C1. The van der Waals surface area contributed by atoms with Crippen LogP contribution in [0.1, 0.15) is 39.5 Å². The van der Waals surface area contributed by atoms with Gasteiger partial charge in [-0.15, -0.1) is 0 Å².